The Hall–Kier alpha value is -2.49. The third-order valence-corrected chi connectivity index (χ3v) is 4.40. The lowest BCUT2D eigenvalue weighted by Crippen LogP contribution is -2.39. The topological polar surface area (TPSA) is 45.7 Å². The molecule has 24 heavy (non-hydrogen) atoms. The number of benzene rings is 2. The van der Waals surface area contributed by atoms with Crippen LogP contribution in [0.3, 0.4) is 0 Å². The van der Waals surface area contributed by atoms with Gasteiger partial charge in [-0.3, -0.25) is 4.99 Å². The Balaban J connectivity index is 1.54. The van der Waals surface area contributed by atoms with E-state index < -0.39 is 0 Å². The standard InChI is InChI=1S/C20H25N3O/c1-15-7-9-16(10-8-15)13-22-20(21-2)23-14-17-11-12-24-19-6-4-3-5-18(17)19/h3-10,17H,11-14H2,1-2H3,(H2,21,22,23). The fourth-order valence-electron chi connectivity index (χ4n) is 2.96. The van der Waals surface area contributed by atoms with Crippen LogP contribution in [0, 0.1) is 6.92 Å². The fraction of sp³-hybridized carbons (Fsp3) is 0.350. The number of hydrogen-bond donors (Lipinski definition) is 2. The minimum atomic E-state index is 0.452. The Morgan fingerprint density at radius 3 is 2.71 bits per heavy atom. The molecule has 0 fully saturated rings. The van der Waals surface area contributed by atoms with Crippen LogP contribution in [0.1, 0.15) is 29.0 Å². The van der Waals surface area contributed by atoms with Crippen LogP contribution in [-0.4, -0.2) is 26.2 Å². The molecule has 1 unspecified atom stereocenters. The first-order valence-electron chi connectivity index (χ1n) is 8.48. The molecule has 1 atom stereocenters. The van der Waals surface area contributed by atoms with E-state index in [2.05, 4.69) is 58.9 Å². The molecule has 2 aromatic rings. The van der Waals surface area contributed by atoms with Gasteiger partial charge in [-0.25, -0.2) is 0 Å². The summed E-state index contributed by atoms with van der Waals surface area (Å²) in [6, 6.07) is 16.9. The van der Waals surface area contributed by atoms with E-state index in [1.807, 2.05) is 19.2 Å². The summed E-state index contributed by atoms with van der Waals surface area (Å²) in [5.41, 5.74) is 3.81. The smallest absolute Gasteiger partial charge is 0.191 e. The second-order valence-corrected chi connectivity index (χ2v) is 6.16. The van der Waals surface area contributed by atoms with Crippen molar-refractivity contribution in [1.82, 2.24) is 10.6 Å². The summed E-state index contributed by atoms with van der Waals surface area (Å²) in [5, 5.41) is 6.82. The van der Waals surface area contributed by atoms with Gasteiger partial charge < -0.3 is 15.4 Å². The maximum absolute atomic E-state index is 5.73. The van der Waals surface area contributed by atoms with Gasteiger partial charge in [-0.05, 0) is 30.5 Å². The van der Waals surface area contributed by atoms with Crippen LogP contribution in [0.4, 0.5) is 0 Å². The van der Waals surface area contributed by atoms with E-state index in [1.165, 1.54) is 16.7 Å². The van der Waals surface area contributed by atoms with E-state index in [4.69, 9.17) is 4.74 Å². The van der Waals surface area contributed by atoms with Crippen LogP contribution in [0.2, 0.25) is 0 Å². The predicted octanol–water partition coefficient (Wildman–Crippen LogP) is 3.23. The molecule has 4 heteroatoms. The lowest BCUT2D eigenvalue weighted by Gasteiger charge is -2.26. The van der Waals surface area contributed by atoms with Crippen LogP contribution in [-0.2, 0) is 6.54 Å². The molecule has 126 valence electrons. The average molecular weight is 323 g/mol. The number of aliphatic imine (C=N–C) groups is 1. The second kappa shape index (κ2) is 7.86. The molecule has 2 N–H and O–H groups in total. The maximum atomic E-state index is 5.73. The van der Waals surface area contributed by atoms with Gasteiger partial charge in [-0.15, -0.1) is 0 Å². The van der Waals surface area contributed by atoms with Crippen molar-refractivity contribution >= 4 is 5.96 Å². The number of rotatable bonds is 4. The van der Waals surface area contributed by atoms with Gasteiger partial charge in [-0.2, -0.15) is 0 Å². The van der Waals surface area contributed by atoms with Crippen molar-refractivity contribution in [2.24, 2.45) is 4.99 Å². The first-order valence-corrected chi connectivity index (χ1v) is 8.48. The van der Waals surface area contributed by atoms with Crippen molar-refractivity contribution in [3.05, 3.63) is 65.2 Å². The van der Waals surface area contributed by atoms with E-state index in [1.54, 1.807) is 0 Å². The van der Waals surface area contributed by atoms with E-state index in [0.29, 0.717) is 5.92 Å². The summed E-state index contributed by atoms with van der Waals surface area (Å²) in [6.45, 7) is 4.50. The third kappa shape index (κ3) is 4.07. The predicted molar refractivity (Wildman–Crippen MR) is 98.7 cm³/mol. The minimum Gasteiger partial charge on any atom is -0.493 e. The van der Waals surface area contributed by atoms with Crippen molar-refractivity contribution in [2.75, 3.05) is 20.2 Å². The highest BCUT2D eigenvalue weighted by molar-refractivity contribution is 5.79. The fourth-order valence-corrected chi connectivity index (χ4v) is 2.96. The minimum absolute atomic E-state index is 0.452. The number of nitrogens with zero attached hydrogens (tertiary/aromatic N) is 1. The number of fused-ring (bicyclic) bond motifs is 1. The van der Waals surface area contributed by atoms with Gasteiger partial charge in [0, 0.05) is 26.1 Å². The summed E-state index contributed by atoms with van der Waals surface area (Å²) in [7, 11) is 1.81. The van der Waals surface area contributed by atoms with Gasteiger partial charge >= 0.3 is 0 Å². The molecule has 0 spiro atoms. The first kappa shape index (κ1) is 16.4. The molecule has 0 saturated carbocycles. The SMILES string of the molecule is CN=C(NCc1ccc(C)cc1)NCC1CCOc2ccccc21. The molecule has 3 rings (SSSR count). The van der Waals surface area contributed by atoms with Crippen LogP contribution >= 0.6 is 0 Å². The van der Waals surface area contributed by atoms with E-state index >= 15 is 0 Å². The lowest BCUT2D eigenvalue weighted by molar-refractivity contribution is 0.267. The quantitative estimate of drug-likeness (QED) is 0.671. The van der Waals surface area contributed by atoms with Gasteiger partial charge in [0.1, 0.15) is 5.75 Å². The molecule has 4 nitrogen and oxygen atoms in total. The molecule has 0 amide bonds. The van der Waals surface area contributed by atoms with Crippen LogP contribution < -0.4 is 15.4 Å². The number of ether oxygens (including phenoxy) is 1. The number of guanidine groups is 1. The molecule has 0 bridgehead atoms. The van der Waals surface area contributed by atoms with Crippen molar-refractivity contribution < 1.29 is 4.74 Å². The molecule has 2 aromatic carbocycles. The Kier molecular flexibility index (Phi) is 5.36. The van der Waals surface area contributed by atoms with Gasteiger partial charge in [0.2, 0.25) is 0 Å². The van der Waals surface area contributed by atoms with Crippen molar-refractivity contribution in [2.45, 2.75) is 25.8 Å². The van der Waals surface area contributed by atoms with E-state index in [-0.39, 0.29) is 0 Å². The summed E-state index contributed by atoms with van der Waals surface area (Å²) in [6.07, 6.45) is 1.03. The largest absolute Gasteiger partial charge is 0.493 e. The Morgan fingerprint density at radius 2 is 1.92 bits per heavy atom. The molecular weight excluding hydrogens is 298 g/mol. The van der Waals surface area contributed by atoms with Gasteiger partial charge in [0.15, 0.2) is 5.96 Å². The van der Waals surface area contributed by atoms with Crippen LogP contribution in [0.25, 0.3) is 0 Å². The van der Waals surface area contributed by atoms with E-state index in [9.17, 15) is 0 Å². The molecule has 1 heterocycles. The van der Waals surface area contributed by atoms with Crippen molar-refractivity contribution in [3.8, 4) is 5.75 Å². The zero-order valence-corrected chi connectivity index (χ0v) is 14.4. The molecule has 0 saturated heterocycles. The second-order valence-electron chi connectivity index (χ2n) is 6.16. The molecule has 0 aliphatic carbocycles. The zero-order valence-electron chi connectivity index (χ0n) is 14.4. The average Bonchev–Trinajstić information content (AvgIpc) is 2.63. The van der Waals surface area contributed by atoms with Crippen molar-refractivity contribution in [3.63, 3.8) is 0 Å². The summed E-state index contributed by atoms with van der Waals surface area (Å²) >= 11 is 0. The third-order valence-electron chi connectivity index (χ3n) is 4.40. The maximum Gasteiger partial charge on any atom is 0.191 e. The molecule has 1 aliphatic rings. The molecular formula is C20H25N3O. The lowest BCUT2D eigenvalue weighted by atomic mass is 9.93. The molecule has 1 aliphatic heterocycles. The molecule has 0 aromatic heterocycles. The molecule has 0 radical (unpaired) electrons. The Morgan fingerprint density at radius 1 is 1.12 bits per heavy atom. The summed E-state index contributed by atoms with van der Waals surface area (Å²) in [5.74, 6) is 2.30. The van der Waals surface area contributed by atoms with Crippen LogP contribution in [0.5, 0.6) is 5.75 Å². The summed E-state index contributed by atoms with van der Waals surface area (Å²) < 4.78 is 5.73. The van der Waals surface area contributed by atoms with Gasteiger partial charge in [0.25, 0.3) is 0 Å². The Labute approximate surface area is 144 Å². The van der Waals surface area contributed by atoms with Crippen LogP contribution in [0.15, 0.2) is 53.5 Å². The highest BCUT2D eigenvalue weighted by Gasteiger charge is 2.20. The number of hydrogen-bond acceptors (Lipinski definition) is 2. The monoisotopic (exact) mass is 323 g/mol. The highest BCUT2D eigenvalue weighted by Crippen LogP contribution is 2.32. The summed E-state index contributed by atoms with van der Waals surface area (Å²) in [4.78, 5) is 4.32. The zero-order chi connectivity index (χ0) is 16.8. The highest BCUT2D eigenvalue weighted by atomic mass is 16.5. The number of para-hydroxylation sites is 1. The van der Waals surface area contributed by atoms with Gasteiger partial charge in [-0.1, -0.05) is 48.0 Å². The van der Waals surface area contributed by atoms with E-state index in [0.717, 1.165) is 37.8 Å². The number of nitrogens with one attached hydrogen (secondary N) is 2. The van der Waals surface area contributed by atoms with Gasteiger partial charge in [0.05, 0.1) is 6.61 Å². The number of aryl methyl sites for hydroxylation is 1. The van der Waals surface area contributed by atoms with Crippen molar-refractivity contribution in [1.29, 1.82) is 0 Å². The Bertz CT molecular complexity index is 694. The normalized spacial score (nSPS) is 16.9. The first-order chi connectivity index (χ1) is 11.8.